The first kappa shape index (κ1) is 13.4. The van der Waals surface area contributed by atoms with Crippen LogP contribution >= 0.6 is 0 Å². The van der Waals surface area contributed by atoms with Gasteiger partial charge in [-0.25, -0.2) is 0 Å². The second kappa shape index (κ2) is 4.70. The Morgan fingerprint density at radius 3 is 1.94 bits per heavy atom. The molecule has 92 valence electrons. The van der Waals surface area contributed by atoms with E-state index >= 15 is 0 Å². The molecule has 0 N–H and O–H groups in total. The topological polar surface area (TPSA) is 17.1 Å². The Kier molecular flexibility index (Phi) is 3.95. The van der Waals surface area contributed by atoms with E-state index in [9.17, 15) is 4.21 Å². The van der Waals surface area contributed by atoms with Gasteiger partial charge < -0.3 is 0 Å². The molecule has 0 saturated carbocycles. The second-order valence-corrected chi connectivity index (χ2v) is 9.59. The van der Waals surface area contributed by atoms with Gasteiger partial charge in [-0.3, -0.25) is 4.21 Å². The average molecular weight is 240 g/mol. The van der Waals surface area contributed by atoms with E-state index in [0.717, 1.165) is 12.2 Å². The summed E-state index contributed by atoms with van der Waals surface area (Å²) in [4.78, 5) is 0. The number of thiol groups is 1. The maximum Gasteiger partial charge on any atom is 0.00482 e. The fourth-order valence-corrected chi connectivity index (χ4v) is 2.37. The molecule has 0 unspecified atom stereocenters. The molecule has 2 heteroatoms. The highest BCUT2D eigenvalue weighted by atomic mass is 32.2. The van der Waals surface area contributed by atoms with Crippen LogP contribution in [0, 0.1) is 0 Å². The molecule has 1 aromatic carbocycles. The Morgan fingerprint density at radius 2 is 1.56 bits per heavy atom. The molecule has 0 atom stereocenters. The number of benzene rings is 1. The van der Waals surface area contributed by atoms with Crippen molar-refractivity contribution in [3.8, 4) is 0 Å². The van der Waals surface area contributed by atoms with Crippen molar-refractivity contribution in [2.24, 2.45) is 0 Å². The van der Waals surface area contributed by atoms with E-state index in [1.807, 2.05) is 12.5 Å². The Labute approximate surface area is 101 Å². The fraction of sp³-hybridized carbons (Fsp3) is 0.571. The van der Waals surface area contributed by atoms with Gasteiger partial charge in [0.05, 0.1) is 0 Å². The lowest BCUT2D eigenvalue weighted by atomic mass is 9.86. The molecular formula is C14H24OS. The summed E-state index contributed by atoms with van der Waals surface area (Å²) in [6, 6.07) is 8.70. The summed E-state index contributed by atoms with van der Waals surface area (Å²) in [5, 5.41) is 0. The van der Waals surface area contributed by atoms with Gasteiger partial charge in [0.2, 0.25) is 0 Å². The number of rotatable bonds is 3. The molecular weight excluding hydrogens is 216 g/mol. The third-order valence-electron chi connectivity index (χ3n) is 2.76. The van der Waals surface area contributed by atoms with Crippen LogP contribution in [0.3, 0.4) is 0 Å². The Morgan fingerprint density at radius 1 is 1.06 bits per heavy atom. The standard InChI is InChI=1S/C14H24OS/c1-14(2,3)13-8-6-12(7-9-13)10-11-16(4,5)15/h6-9,16H,10-11H2,1-5H3. The molecule has 0 heterocycles. The molecule has 0 amide bonds. The van der Waals surface area contributed by atoms with Crippen molar-refractivity contribution in [3.05, 3.63) is 35.4 Å². The van der Waals surface area contributed by atoms with Gasteiger partial charge in [-0.2, -0.15) is 0 Å². The highest BCUT2D eigenvalue weighted by Gasteiger charge is 2.12. The quantitative estimate of drug-likeness (QED) is 0.804. The van der Waals surface area contributed by atoms with Gasteiger partial charge >= 0.3 is 0 Å². The Bertz CT molecular complexity index is 378. The molecule has 0 aliphatic rings. The van der Waals surface area contributed by atoms with Gasteiger partial charge in [0.1, 0.15) is 0 Å². The number of aryl methyl sites for hydroxylation is 1. The summed E-state index contributed by atoms with van der Waals surface area (Å²) in [5.41, 5.74) is 2.85. The van der Waals surface area contributed by atoms with E-state index in [2.05, 4.69) is 45.0 Å². The Hall–Kier alpha value is -0.630. The summed E-state index contributed by atoms with van der Waals surface area (Å²) >= 11 is 0. The van der Waals surface area contributed by atoms with Crippen LogP contribution in [0.1, 0.15) is 31.9 Å². The minimum Gasteiger partial charge on any atom is -0.285 e. The van der Waals surface area contributed by atoms with E-state index < -0.39 is 9.93 Å². The summed E-state index contributed by atoms with van der Waals surface area (Å²) in [7, 11) is -1.88. The zero-order chi connectivity index (χ0) is 12.4. The van der Waals surface area contributed by atoms with E-state index in [1.54, 1.807) is 0 Å². The summed E-state index contributed by atoms with van der Waals surface area (Å²) < 4.78 is 11.6. The molecule has 1 aromatic rings. The van der Waals surface area contributed by atoms with E-state index in [4.69, 9.17) is 0 Å². The molecule has 0 saturated heterocycles. The molecule has 1 nitrogen and oxygen atoms in total. The van der Waals surface area contributed by atoms with Crippen LogP contribution in [0.4, 0.5) is 0 Å². The molecule has 0 spiro atoms. The maximum absolute atomic E-state index is 11.6. The maximum atomic E-state index is 11.6. The van der Waals surface area contributed by atoms with Crippen molar-refractivity contribution in [1.29, 1.82) is 0 Å². The van der Waals surface area contributed by atoms with Crippen LogP contribution < -0.4 is 0 Å². The minimum absolute atomic E-state index is 0.212. The predicted octanol–water partition coefficient (Wildman–Crippen LogP) is 2.80. The fourth-order valence-electron chi connectivity index (χ4n) is 1.57. The van der Waals surface area contributed by atoms with Crippen molar-refractivity contribution in [2.75, 3.05) is 18.3 Å². The van der Waals surface area contributed by atoms with Crippen LogP contribution in [0.5, 0.6) is 0 Å². The molecule has 16 heavy (non-hydrogen) atoms. The first-order valence-corrected chi connectivity index (χ1v) is 8.60. The van der Waals surface area contributed by atoms with Gasteiger partial charge in [0.15, 0.2) is 0 Å². The van der Waals surface area contributed by atoms with Gasteiger partial charge in [-0.05, 0) is 35.5 Å². The summed E-state index contributed by atoms with van der Waals surface area (Å²) in [5.74, 6) is 0.807. The highest BCUT2D eigenvalue weighted by Crippen LogP contribution is 2.22. The normalized spacial score (nSPS) is 13.8. The van der Waals surface area contributed by atoms with Crippen LogP contribution in [0.2, 0.25) is 0 Å². The van der Waals surface area contributed by atoms with Crippen LogP contribution in [0.15, 0.2) is 24.3 Å². The van der Waals surface area contributed by atoms with Crippen LogP contribution in [-0.2, 0) is 21.8 Å². The molecule has 0 bridgehead atoms. The van der Waals surface area contributed by atoms with Crippen molar-refractivity contribution >= 4 is 9.93 Å². The van der Waals surface area contributed by atoms with E-state index in [0.29, 0.717) is 0 Å². The smallest absolute Gasteiger partial charge is 0.00482 e. The predicted molar refractivity (Wildman–Crippen MR) is 75.1 cm³/mol. The van der Waals surface area contributed by atoms with Crippen molar-refractivity contribution in [1.82, 2.24) is 0 Å². The third kappa shape index (κ3) is 4.48. The minimum atomic E-state index is -1.88. The van der Waals surface area contributed by atoms with Crippen molar-refractivity contribution in [3.63, 3.8) is 0 Å². The van der Waals surface area contributed by atoms with Crippen LogP contribution in [0.25, 0.3) is 0 Å². The van der Waals surface area contributed by atoms with Gasteiger partial charge in [0.25, 0.3) is 0 Å². The SMILES string of the molecule is CC(C)(C)c1ccc(CC[SH](C)(C)=O)cc1. The second-order valence-electron chi connectivity index (χ2n) is 5.99. The van der Waals surface area contributed by atoms with E-state index in [-0.39, 0.29) is 5.41 Å². The number of hydrogen-bond acceptors (Lipinski definition) is 1. The number of hydrogen-bond donors (Lipinski definition) is 1. The van der Waals surface area contributed by atoms with E-state index in [1.165, 1.54) is 11.1 Å². The Balaban J connectivity index is 2.69. The molecule has 0 aromatic heterocycles. The highest BCUT2D eigenvalue weighted by molar-refractivity contribution is 8.01. The first-order chi connectivity index (χ1) is 7.18. The van der Waals surface area contributed by atoms with Gasteiger partial charge in [-0.1, -0.05) is 45.0 Å². The molecule has 0 aliphatic heterocycles. The molecule has 0 aliphatic carbocycles. The van der Waals surface area contributed by atoms with Crippen molar-refractivity contribution < 1.29 is 4.21 Å². The zero-order valence-electron chi connectivity index (χ0n) is 11.1. The average Bonchev–Trinajstić information content (AvgIpc) is 2.13. The largest absolute Gasteiger partial charge is 0.285 e. The third-order valence-corrected chi connectivity index (χ3v) is 4.06. The van der Waals surface area contributed by atoms with Crippen molar-refractivity contribution in [2.45, 2.75) is 32.6 Å². The molecule has 0 radical (unpaired) electrons. The first-order valence-electron chi connectivity index (χ1n) is 5.82. The van der Waals surface area contributed by atoms with Gasteiger partial charge in [0, 0.05) is 5.75 Å². The lowest BCUT2D eigenvalue weighted by molar-refractivity contribution is 0.590. The summed E-state index contributed by atoms with van der Waals surface area (Å²) in [6.45, 7) is 6.65. The molecule has 0 fully saturated rings. The lowest BCUT2D eigenvalue weighted by Crippen LogP contribution is -2.14. The lowest BCUT2D eigenvalue weighted by Gasteiger charge is -2.19. The summed E-state index contributed by atoms with van der Waals surface area (Å²) in [6.07, 6.45) is 4.64. The molecule has 1 rings (SSSR count). The monoisotopic (exact) mass is 240 g/mol. The zero-order valence-corrected chi connectivity index (χ0v) is 12.0. The van der Waals surface area contributed by atoms with Gasteiger partial charge in [-0.15, -0.1) is 9.93 Å². The van der Waals surface area contributed by atoms with Crippen LogP contribution in [-0.4, -0.2) is 22.5 Å².